The second-order valence-corrected chi connectivity index (χ2v) is 2.91. The van der Waals surface area contributed by atoms with Gasteiger partial charge in [-0.25, -0.2) is 0 Å². The number of hydrogen-bond acceptors (Lipinski definition) is 0. The Morgan fingerprint density at radius 3 is 1.50 bits per heavy atom. The standard InChI is InChI=1S/C10H16.2C2H6/c1-8(2)6-7-10(5)9(3)4;2*1-2/h6-7,9H,1,5H2,2-4H3;2*1-2H3/b7-6-;;. The lowest BCUT2D eigenvalue weighted by Crippen LogP contribution is -1.86. The first kappa shape index (κ1) is 18.9. The molecular weight excluding hydrogens is 168 g/mol. The van der Waals surface area contributed by atoms with Gasteiger partial charge in [0.15, 0.2) is 0 Å². The monoisotopic (exact) mass is 196 g/mol. The average molecular weight is 196 g/mol. The van der Waals surface area contributed by atoms with Crippen LogP contribution < -0.4 is 0 Å². The Morgan fingerprint density at radius 2 is 1.29 bits per heavy atom. The van der Waals surface area contributed by atoms with E-state index in [1.165, 1.54) is 0 Å². The molecule has 0 radical (unpaired) electrons. The van der Waals surface area contributed by atoms with Crippen molar-refractivity contribution in [2.24, 2.45) is 5.92 Å². The van der Waals surface area contributed by atoms with Gasteiger partial charge in [-0.3, -0.25) is 0 Å². The first-order valence-corrected chi connectivity index (χ1v) is 5.56. The van der Waals surface area contributed by atoms with Crippen LogP contribution in [0, 0.1) is 5.92 Å². The van der Waals surface area contributed by atoms with Gasteiger partial charge in [0.05, 0.1) is 0 Å². The summed E-state index contributed by atoms with van der Waals surface area (Å²) < 4.78 is 0. The highest BCUT2D eigenvalue weighted by Crippen LogP contribution is 2.08. The summed E-state index contributed by atoms with van der Waals surface area (Å²) in [6.07, 6.45) is 4.01. The largest absolute Gasteiger partial charge is 0.0961 e. The van der Waals surface area contributed by atoms with Crippen LogP contribution in [0.5, 0.6) is 0 Å². The highest BCUT2D eigenvalue weighted by Gasteiger charge is 1.92. The quantitative estimate of drug-likeness (QED) is 0.531. The maximum absolute atomic E-state index is 3.90. The van der Waals surface area contributed by atoms with Crippen molar-refractivity contribution in [3.8, 4) is 0 Å². The fraction of sp³-hybridized carbons (Fsp3) is 0.571. The van der Waals surface area contributed by atoms with Crippen LogP contribution in [0.4, 0.5) is 0 Å². The van der Waals surface area contributed by atoms with Gasteiger partial charge in [-0.1, -0.05) is 78.0 Å². The van der Waals surface area contributed by atoms with Crippen LogP contribution in [0.25, 0.3) is 0 Å². The minimum Gasteiger partial charge on any atom is -0.0961 e. The molecule has 0 aromatic carbocycles. The topological polar surface area (TPSA) is 0 Å². The van der Waals surface area contributed by atoms with Crippen LogP contribution in [0.2, 0.25) is 0 Å². The molecule has 0 aliphatic rings. The molecule has 0 fully saturated rings. The van der Waals surface area contributed by atoms with Crippen LogP contribution in [0.1, 0.15) is 48.5 Å². The van der Waals surface area contributed by atoms with E-state index in [0.717, 1.165) is 11.1 Å². The average Bonchev–Trinajstić information content (AvgIpc) is 2.20. The minimum atomic E-state index is 0.538. The lowest BCUT2D eigenvalue weighted by Gasteiger charge is -2.01. The second-order valence-electron chi connectivity index (χ2n) is 2.91. The van der Waals surface area contributed by atoms with E-state index >= 15 is 0 Å². The summed E-state index contributed by atoms with van der Waals surface area (Å²) in [5.41, 5.74) is 2.23. The van der Waals surface area contributed by atoms with E-state index in [0.29, 0.717) is 5.92 Å². The van der Waals surface area contributed by atoms with Gasteiger partial charge in [-0.15, -0.1) is 0 Å². The van der Waals surface area contributed by atoms with Crippen molar-refractivity contribution in [1.82, 2.24) is 0 Å². The van der Waals surface area contributed by atoms with E-state index in [9.17, 15) is 0 Å². The highest BCUT2D eigenvalue weighted by atomic mass is 14.0. The SMILES string of the molecule is C=C(C)/C=C\C(=C)C(C)C.CC.CC. The van der Waals surface area contributed by atoms with E-state index in [1.54, 1.807) is 0 Å². The molecular formula is C14H28. The van der Waals surface area contributed by atoms with E-state index in [4.69, 9.17) is 0 Å². The van der Waals surface area contributed by atoms with Gasteiger partial charge in [0.1, 0.15) is 0 Å². The molecule has 0 amide bonds. The van der Waals surface area contributed by atoms with E-state index in [2.05, 4.69) is 27.0 Å². The zero-order valence-electron chi connectivity index (χ0n) is 11.1. The fourth-order valence-electron chi connectivity index (χ4n) is 0.442. The third-order valence-electron chi connectivity index (χ3n) is 1.32. The molecule has 0 aliphatic carbocycles. The molecule has 0 aromatic rings. The molecule has 0 atom stereocenters. The van der Waals surface area contributed by atoms with Crippen molar-refractivity contribution in [2.75, 3.05) is 0 Å². The lowest BCUT2D eigenvalue weighted by molar-refractivity contribution is 0.795. The van der Waals surface area contributed by atoms with Gasteiger partial charge < -0.3 is 0 Å². The molecule has 14 heavy (non-hydrogen) atoms. The molecule has 0 rings (SSSR count). The zero-order valence-corrected chi connectivity index (χ0v) is 11.1. The van der Waals surface area contributed by atoms with Gasteiger partial charge in [0.25, 0.3) is 0 Å². The Balaban J connectivity index is -0.000000266. The number of rotatable bonds is 3. The highest BCUT2D eigenvalue weighted by molar-refractivity contribution is 5.23. The maximum Gasteiger partial charge on any atom is -0.0225 e. The molecule has 0 spiro atoms. The van der Waals surface area contributed by atoms with Crippen molar-refractivity contribution in [2.45, 2.75) is 48.5 Å². The van der Waals surface area contributed by atoms with Crippen LogP contribution in [0.15, 0.2) is 36.5 Å². The van der Waals surface area contributed by atoms with E-state index in [-0.39, 0.29) is 0 Å². The van der Waals surface area contributed by atoms with Crippen molar-refractivity contribution in [3.05, 3.63) is 36.5 Å². The number of allylic oxidation sites excluding steroid dienone is 4. The van der Waals surface area contributed by atoms with Crippen molar-refractivity contribution >= 4 is 0 Å². The molecule has 0 saturated heterocycles. The predicted molar refractivity (Wildman–Crippen MR) is 70.6 cm³/mol. The Morgan fingerprint density at radius 1 is 0.929 bits per heavy atom. The van der Waals surface area contributed by atoms with Gasteiger partial charge in [0, 0.05) is 0 Å². The van der Waals surface area contributed by atoms with Crippen LogP contribution in [-0.2, 0) is 0 Å². The molecule has 0 aliphatic heterocycles. The molecule has 0 bridgehead atoms. The molecule has 0 N–H and O–H groups in total. The van der Waals surface area contributed by atoms with Crippen molar-refractivity contribution < 1.29 is 0 Å². The lowest BCUT2D eigenvalue weighted by atomic mass is 10.0. The Hall–Kier alpha value is -0.780. The van der Waals surface area contributed by atoms with Crippen molar-refractivity contribution in [3.63, 3.8) is 0 Å². The Labute approximate surface area is 91.4 Å². The first-order valence-electron chi connectivity index (χ1n) is 5.56. The zero-order chi connectivity index (χ0) is 12.1. The summed E-state index contributed by atoms with van der Waals surface area (Å²) >= 11 is 0. The third-order valence-corrected chi connectivity index (χ3v) is 1.32. The molecule has 0 saturated carbocycles. The Bertz CT molecular complexity index is 159. The van der Waals surface area contributed by atoms with Crippen LogP contribution in [0.3, 0.4) is 0 Å². The molecule has 0 heterocycles. The molecule has 84 valence electrons. The maximum atomic E-state index is 3.90. The molecule has 0 unspecified atom stereocenters. The minimum absolute atomic E-state index is 0.538. The Kier molecular flexibility index (Phi) is 19.9. The summed E-state index contributed by atoms with van der Waals surface area (Å²) in [4.78, 5) is 0. The fourth-order valence-corrected chi connectivity index (χ4v) is 0.442. The summed E-state index contributed by atoms with van der Waals surface area (Å²) in [7, 11) is 0. The third kappa shape index (κ3) is 17.3. The summed E-state index contributed by atoms with van der Waals surface area (Å²) in [6.45, 7) is 21.9. The molecule has 0 aromatic heterocycles. The molecule has 0 heteroatoms. The predicted octanol–water partition coefficient (Wildman–Crippen LogP) is 5.38. The summed E-state index contributed by atoms with van der Waals surface area (Å²) in [5.74, 6) is 0.538. The van der Waals surface area contributed by atoms with Crippen LogP contribution >= 0.6 is 0 Å². The van der Waals surface area contributed by atoms with Gasteiger partial charge >= 0.3 is 0 Å². The van der Waals surface area contributed by atoms with Crippen molar-refractivity contribution in [1.29, 1.82) is 0 Å². The van der Waals surface area contributed by atoms with Gasteiger partial charge in [0.2, 0.25) is 0 Å². The van der Waals surface area contributed by atoms with Gasteiger partial charge in [-0.05, 0) is 12.8 Å². The normalized spacial score (nSPS) is 8.57. The summed E-state index contributed by atoms with van der Waals surface area (Å²) in [6, 6.07) is 0. The summed E-state index contributed by atoms with van der Waals surface area (Å²) in [5, 5.41) is 0. The molecule has 0 nitrogen and oxygen atoms in total. The van der Waals surface area contributed by atoms with Gasteiger partial charge in [-0.2, -0.15) is 0 Å². The first-order chi connectivity index (χ1) is 6.54. The smallest absolute Gasteiger partial charge is 0.0225 e. The van der Waals surface area contributed by atoms with E-state index in [1.807, 2.05) is 46.8 Å². The number of hydrogen-bond donors (Lipinski definition) is 0. The second kappa shape index (κ2) is 14.7. The van der Waals surface area contributed by atoms with E-state index < -0.39 is 0 Å². The van der Waals surface area contributed by atoms with Crippen LogP contribution in [-0.4, -0.2) is 0 Å².